The van der Waals surface area contributed by atoms with Gasteiger partial charge in [-0.1, -0.05) is 15.9 Å². The Morgan fingerprint density at radius 1 is 1.58 bits per heavy atom. The topological polar surface area (TPSA) is 29.1 Å². The molecule has 0 bridgehead atoms. The Bertz CT molecular complexity index is 299. The minimum atomic E-state index is -0.160. The molecule has 0 saturated heterocycles. The van der Waals surface area contributed by atoms with Gasteiger partial charge >= 0.3 is 0 Å². The van der Waals surface area contributed by atoms with Crippen molar-refractivity contribution in [1.82, 2.24) is 0 Å². The molecule has 1 aromatic rings. The van der Waals surface area contributed by atoms with E-state index in [0.717, 1.165) is 22.2 Å². The van der Waals surface area contributed by atoms with Gasteiger partial charge in [-0.3, -0.25) is 0 Å². The normalized spacial score (nSPS) is 20.3. The highest BCUT2D eigenvalue weighted by Gasteiger charge is 2.22. The summed E-state index contributed by atoms with van der Waals surface area (Å²) in [6, 6.07) is 5.83. The zero-order valence-electron chi connectivity index (χ0n) is 6.42. The largest absolute Gasteiger partial charge is 0.487 e. The van der Waals surface area contributed by atoms with Gasteiger partial charge in [0, 0.05) is 10.9 Å². The van der Waals surface area contributed by atoms with Gasteiger partial charge in [-0.15, -0.1) is 0 Å². The maximum Gasteiger partial charge on any atom is 0.129 e. The summed E-state index contributed by atoms with van der Waals surface area (Å²) in [4.78, 5) is 0. The van der Waals surface area contributed by atoms with Gasteiger partial charge in [0.25, 0.3) is 0 Å². The van der Waals surface area contributed by atoms with Crippen LogP contribution < -0.4 is 4.74 Å². The molecule has 1 radical (unpaired) electrons. The lowest BCUT2D eigenvalue weighted by molar-refractivity contribution is 0.0857. The smallest absolute Gasteiger partial charge is 0.129 e. The van der Waals surface area contributed by atoms with E-state index in [4.69, 9.17) is 4.74 Å². The molecule has 3 heteroatoms. The molecule has 2 nitrogen and oxygen atoms in total. The predicted octanol–water partition coefficient (Wildman–Crippen LogP) is 2.18. The van der Waals surface area contributed by atoms with Crippen molar-refractivity contribution in [3.8, 4) is 5.75 Å². The molecule has 63 valence electrons. The van der Waals surface area contributed by atoms with Crippen LogP contribution in [0.15, 0.2) is 22.7 Å². The van der Waals surface area contributed by atoms with Crippen molar-refractivity contribution in [3.05, 3.63) is 28.2 Å². The number of hydrogen-bond acceptors (Lipinski definition) is 1. The van der Waals surface area contributed by atoms with Crippen LogP contribution in [0, 0.1) is 0 Å². The third-order valence-electron chi connectivity index (χ3n) is 1.95. The van der Waals surface area contributed by atoms with Crippen LogP contribution in [0.2, 0.25) is 0 Å². The van der Waals surface area contributed by atoms with Crippen molar-refractivity contribution < 1.29 is 9.84 Å². The summed E-state index contributed by atoms with van der Waals surface area (Å²) in [7, 11) is 0. The molecule has 0 aromatic heterocycles. The van der Waals surface area contributed by atoms with E-state index < -0.39 is 0 Å². The standard InChI is InChI=1S/C9H8BrO2/c10-7-1-2-9-6(3-7)4-8(5-11)12-9/h1-3,8H,4-5H2. The van der Waals surface area contributed by atoms with Gasteiger partial charge in [0.05, 0.1) is 0 Å². The van der Waals surface area contributed by atoms with Crippen LogP contribution >= 0.6 is 15.9 Å². The fourth-order valence-electron chi connectivity index (χ4n) is 1.38. The lowest BCUT2D eigenvalue weighted by Gasteiger charge is -2.03. The van der Waals surface area contributed by atoms with Crippen molar-refractivity contribution in [2.75, 3.05) is 6.61 Å². The molecule has 1 atom stereocenters. The molecule has 0 spiro atoms. The second kappa shape index (κ2) is 3.07. The summed E-state index contributed by atoms with van der Waals surface area (Å²) in [6.07, 6.45) is 0.590. The quantitative estimate of drug-likeness (QED) is 0.724. The minimum absolute atomic E-state index is 0.158. The van der Waals surface area contributed by atoms with Crippen LogP contribution in [-0.4, -0.2) is 12.7 Å². The van der Waals surface area contributed by atoms with E-state index >= 15 is 0 Å². The number of benzene rings is 1. The van der Waals surface area contributed by atoms with E-state index in [0.29, 0.717) is 0 Å². The fourth-order valence-corrected chi connectivity index (χ4v) is 1.79. The van der Waals surface area contributed by atoms with Gasteiger partial charge in [0.2, 0.25) is 0 Å². The SMILES string of the molecule is [O]CC1Cc2cc(Br)ccc2O1. The van der Waals surface area contributed by atoms with Gasteiger partial charge in [-0.2, -0.15) is 0 Å². The lowest BCUT2D eigenvalue weighted by Crippen LogP contribution is -2.16. The summed E-state index contributed by atoms with van der Waals surface area (Å²) >= 11 is 3.37. The summed E-state index contributed by atoms with van der Waals surface area (Å²) in [6.45, 7) is -0.160. The molecule has 0 fully saturated rings. The van der Waals surface area contributed by atoms with E-state index in [9.17, 15) is 5.11 Å². The first kappa shape index (κ1) is 8.08. The molecule has 0 N–H and O–H groups in total. The van der Waals surface area contributed by atoms with Gasteiger partial charge in [0.1, 0.15) is 18.5 Å². The number of rotatable bonds is 1. The fraction of sp³-hybridized carbons (Fsp3) is 0.333. The first-order valence-corrected chi connectivity index (χ1v) is 4.62. The third kappa shape index (κ3) is 1.34. The molecular formula is C9H8BrO2. The van der Waals surface area contributed by atoms with E-state index in [-0.39, 0.29) is 12.7 Å². The molecule has 1 aliphatic rings. The Balaban J connectivity index is 2.30. The highest BCUT2D eigenvalue weighted by Crippen LogP contribution is 2.30. The Morgan fingerprint density at radius 2 is 2.42 bits per heavy atom. The van der Waals surface area contributed by atoms with Crippen LogP contribution in [0.5, 0.6) is 5.75 Å². The van der Waals surface area contributed by atoms with Crippen molar-refractivity contribution >= 4 is 15.9 Å². The molecule has 0 amide bonds. The molecule has 1 heterocycles. The zero-order valence-corrected chi connectivity index (χ0v) is 8.00. The molecule has 1 unspecified atom stereocenters. The van der Waals surface area contributed by atoms with Crippen LogP contribution in [0.3, 0.4) is 0 Å². The second-order valence-corrected chi connectivity index (χ2v) is 3.78. The van der Waals surface area contributed by atoms with E-state index in [1.807, 2.05) is 18.2 Å². The number of ether oxygens (including phenoxy) is 1. The first-order valence-electron chi connectivity index (χ1n) is 3.83. The highest BCUT2D eigenvalue weighted by atomic mass is 79.9. The maximum absolute atomic E-state index is 10.5. The van der Waals surface area contributed by atoms with Gasteiger partial charge in [-0.25, -0.2) is 5.11 Å². The van der Waals surface area contributed by atoms with Gasteiger partial charge in [-0.05, 0) is 23.8 Å². The lowest BCUT2D eigenvalue weighted by atomic mass is 10.1. The summed E-state index contributed by atoms with van der Waals surface area (Å²) in [5.74, 6) is 0.860. The maximum atomic E-state index is 10.5. The third-order valence-corrected chi connectivity index (χ3v) is 2.44. The predicted molar refractivity (Wildman–Crippen MR) is 47.8 cm³/mol. The molecule has 0 saturated carbocycles. The van der Waals surface area contributed by atoms with Crippen molar-refractivity contribution in [1.29, 1.82) is 0 Å². The molecule has 2 rings (SSSR count). The average Bonchev–Trinajstić information content (AvgIpc) is 2.46. The first-order chi connectivity index (χ1) is 5.79. The average molecular weight is 228 g/mol. The summed E-state index contributed by atoms with van der Waals surface area (Å²) in [5, 5.41) is 10.5. The van der Waals surface area contributed by atoms with Crippen LogP contribution in [0.1, 0.15) is 5.56 Å². The Labute approximate surface area is 79.3 Å². The van der Waals surface area contributed by atoms with E-state index in [1.165, 1.54) is 0 Å². The van der Waals surface area contributed by atoms with Crippen molar-refractivity contribution in [3.63, 3.8) is 0 Å². The summed E-state index contributed by atoms with van der Waals surface area (Å²) < 4.78 is 6.42. The Hall–Kier alpha value is -0.540. The number of fused-ring (bicyclic) bond motifs is 1. The Kier molecular flexibility index (Phi) is 2.07. The van der Waals surface area contributed by atoms with Crippen molar-refractivity contribution in [2.24, 2.45) is 0 Å². The highest BCUT2D eigenvalue weighted by molar-refractivity contribution is 9.10. The van der Waals surface area contributed by atoms with E-state index in [2.05, 4.69) is 15.9 Å². The van der Waals surface area contributed by atoms with Crippen LogP contribution in [0.4, 0.5) is 0 Å². The van der Waals surface area contributed by atoms with Crippen molar-refractivity contribution in [2.45, 2.75) is 12.5 Å². The molecular weight excluding hydrogens is 220 g/mol. The second-order valence-electron chi connectivity index (χ2n) is 2.86. The zero-order chi connectivity index (χ0) is 8.55. The number of hydrogen-bond donors (Lipinski definition) is 0. The molecule has 0 aliphatic carbocycles. The van der Waals surface area contributed by atoms with Crippen LogP contribution in [0.25, 0.3) is 0 Å². The molecule has 12 heavy (non-hydrogen) atoms. The molecule has 1 aromatic carbocycles. The van der Waals surface area contributed by atoms with Gasteiger partial charge < -0.3 is 4.74 Å². The Morgan fingerprint density at radius 3 is 3.17 bits per heavy atom. The number of halogens is 1. The minimum Gasteiger partial charge on any atom is -0.487 e. The summed E-state index contributed by atoms with van der Waals surface area (Å²) in [5.41, 5.74) is 1.13. The molecule has 1 aliphatic heterocycles. The monoisotopic (exact) mass is 227 g/mol. The van der Waals surface area contributed by atoms with E-state index in [1.54, 1.807) is 0 Å². The van der Waals surface area contributed by atoms with Gasteiger partial charge in [0.15, 0.2) is 0 Å². The van der Waals surface area contributed by atoms with Crippen LogP contribution in [-0.2, 0) is 11.5 Å².